The van der Waals surface area contributed by atoms with Gasteiger partial charge in [0.05, 0.1) is 11.9 Å². The molecule has 1 aliphatic rings. The zero-order valence-corrected chi connectivity index (χ0v) is 17.2. The molecule has 1 amide bonds. The number of carbonyl (C=O) groups excluding carboxylic acids is 1. The van der Waals surface area contributed by atoms with E-state index in [9.17, 15) is 4.79 Å². The van der Waals surface area contributed by atoms with Crippen molar-refractivity contribution in [2.24, 2.45) is 0 Å². The highest BCUT2D eigenvalue weighted by molar-refractivity contribution is 6.13. The van der Waals surface area contributed by atoms with Gasteiger partial charge in [-0.1, -0.05) is 60.7 Å². The number of nitrogens with one attached hydrogen (secondary N) is 2. The van der Waals surface area contributed by atoms with Crippen LogP contribution in [0.2, 0.25) is 0 Å². The lowest BCUT2D eigenvalue weighted by Gasteiger charge is -2.12. The van der Waals surface area contributed by atoms with E-state index in [0.29, 0.717) is 11.5 Å². The standard InChI is InChI=1S/C27H20N2O3/c30-26(15-17-12-13-24-25(14-17)32-16-31-24)28-22-10-3-1-6-18(22)20-8-5-9-21-19-7-2-4-11-23(19)29-27(20)21/h1-14,29H,15-16H2,(H,28,30). The Kier molecular flexibility index (Phi) is 4.32. The average Bonchev–Trinajstić information content (AvgIpc) is 3.43. The quantitative estimate of drug-likeness (QED) is 0.381. The predicted molar refractivity (Wildman–Crippen MR) is 126 cm³/mol. The van der Waals surface area contributed by atoms with Crippen molar-refractivity contribution in [3.05, 3.63) is 90.5 Å². The Labute approximate surface area is 184 Å². The van der Waals surface area contributed by atoms with Gasteiger partial charge in [-0.3, -0.25) is 4.79 Å². The van der Waals surface area contributed by atoms with Crippen molar-refractivity contribution in [3.63, 3.8) is 0 Å². The van der Waals surface area contributed by atoms with Crippen LogP contribution >= 0.6 is 0 Å². The Morgan fingerprint density at radius 2 is 1.59 bits per heavy atom. The van der Waals surface area contributed by atoms with E-state index in [4.69, 9.17) is 9.47 Å². The summed E-state index contributed by atoms with van der Waals surface area (Å²) in [5.41, 5.74) is 5.85. The maximum atomic E-state index is 12.9. The molecule has 2 heterocycles. The van der Waals surface area contributed by atoms with Gasteiger partial charge in [-0.25, -0.2) is 0 Å². The third kappa shape index (κ3) is 3.15. The van der Waals surface area contributed by atoms with Crippen LogP contribution < -0.4 is 14.8 Å². The molecule has 0 aliphatic carbocycles. The van der Waals surface area contributed by atoms with Crippen molar-refractivity contribution in [1.29, 1.82) is 0 Å². The summed E-state index contributed by atoms with van der Waals surface area (Å²) in [5.74, 6) is 1.31. The number of rotatable bonds is 4. The molecule has 0 saturated carbocycles. The largest absolute Gasteiger partial charge is 0.454 e. The topological polar surface area (TPSA) is 63.4 Å². The first kappa shape index (κ1) is 18.5. The summed E-state index contributed by atoms with van der Waals surface area (Å²) in [7, 11) is 0. The van der Waals surface area contributed by atoms with Crippen LogP contribution in [0.15, 0.2) is 84.9 Å². The molecular formula is C27H20N2O3. The van der Waals surface area contributed by atoms with Crippen LogP contribution in [0.1, 0.15) is 5.56 Å². The summed E-state index contributed by atoms with van der Waals surface area (Å²) in [6, 6.07) is 28.0. The molecular weight excluding hydrogens is 400 g/mol. The molecule has 5 heteroatoms. The number of hydrogen-bond acceptors (Lipinski definition) is 3. The number of benzene rings is 4. The molecule has 2 N–H and O–H groups in total. The Bertz CT molecular complexity index is 1490. The second kappa shape index (κ2) is 7.46. The molecule has 0 fully saturated rings. The Morgan fingerprint density at radius 3 is 2.56 bits per heavy atom. The van der Waals surface area contributed by atoms with Crippen LogP contribution in [0.3, 0.4) is 0 Å². The summed E-state index contributed by atoms with van der Waals surface area (Å²) < 4.78 is 10.8. The van der Waals surface area contributed by atoms with Crippen LogP contribution in [-0.2, 0) is 11.2 Å². The zero-order valence-electron chi connectivity index (χ0n) is 17.2. The Balaban J connectivity index is 1.34. The predicted octanol–water partition coefficient (Wildman–Crippen LogP) is 5.90. The second-order valence-corrected chi connectivity index (χ2v) is 7.86. The van der Waals surface area contributed by atoms with E-state index in [1.54, 1.807) is 0 Å². The molecule has 0 atom stereocenters. The van der Waals surface area contributed by atoms with Crippen molar-refractivity contribution in [2.45, 2.75) is 6.42 Å². The van der Waals surface area contributed by atoms with E-state index in [2.05, 4.69) is 40.6 Å². The molecule has 1 aromatic heterocycles. The molecule has 5 aromatic rings. The van der Waals surface area contributed by atoms with Gasteiger partial charge in [0.15, 0.2) is 11.5 Å². The smallest absolute Gasteiger partial charge is 0.231 e. The van der Waals surface area contributed by atoms with Crippen LogP contribution in [-0.4, -0.2) is 17.7 Å². The SMILES string of the molecule is O=C(Cc1ccc2c(c1)OCO2)Nc1ccccc1-c1cccc2c1[nH]c1ccccc12. The minimum atomic E-state index is -0.0832. The minimum absolute atomic E-state index is 0.0832. The number of aromatic amines is 1. The third-order valence-electron chi connectivity index (χ3n) is 5.83. The highest BCUT2D eigenvalue weighted by Gasteiger charge is 2.16. The van der Waals surface area contributed by atoms with Gasteiger partial charge in [0.1, 0.15) is 0 Å². The minimum Gasteiger partial charge on any atom is -0.454 e. The van der Waals surface area contributed by atoms with Gasteiger partial charge in [-0.05, 0) is 29.8 Å². The number of anilines is 1. The molecule has 0 unspecified atom stereocenters. The van der Waals surface area contributed by atoms with Crippen LogP contribution in [0.5, 0.6) is 11.5 Å². The van der Waals surface area contributed by atoms with Crippen LogP contribution in [0, 0.1) is 0 Å². The lowest BCUT2D eigenvalue weighted by atomic mass is 10.00. The summed E-state index contributed by atoms with van der Waals surface area (Å²) in [6.07, 6.45) is 0.252. The van der Waals surface area contributed by atoms with Gasteiger partial charge in [-0.2, -0.15) is 0 Å². The van der Waals surface area contributed by atoms with Crippen molar-refractivity contribution in [1.82, 2.24) is 4.98 Å². The third-order valence-corrected chi connectivity index (χ3v) is 5.83. The molecule has 0 bridgehead atoms. The molecule has 6 rings (SSSR count). The Morgan fingerprint density at radius 1 is 0.812 bits per heavy atom. The van der Waals surface area contributed by atoms with Gasteiger partial charge in [0, 0.05) is 33.1 Å². The lowest BCUT2D eigenvalue weighted by molar-refractivity contribution is -0.115. The maximum absolute atomic E-state index is 12.9. The number of carbonyl (C=O) groups is 1. The normalized spacial score (nSPS) is 12.4. The Hall–Kier alpha value is -4.25. The maximum Gasteiger partial charge on any atom is 0.231 e. The molecule has 1 aliphatic heterocycles. The lowest BCUT2D eigenvalue weighted by Crippen LogP contribution is -2.15. The number of para-hydroxylation sites is 3. The number of H-pyrrole nitrogens is 1. The first-order valence-electron chi connectivity index (χ1n) is 10.5. The second-order valence-electron chi connectivity index (χ2n) is 7.86. The molecule has 0 spiro atoms. The molecule has 156 valence electrons. The van der Waals surface area contributed by atoms with E-state index >= 15 is 0 Å². The molecule has 0 saturated heterocycles. The summed E-state index contributed by atoms with van der Waals surface area (Å²) >= 11 is 0. The molecule has 4 aromatic carbocycles. The highest BCUT2D eigenvalue weighted by Crippen LogP contribution is 2.37. The van der Waals surface area contributed by atoms with Crippen molar-refractivity contribution in [3.8, 4) is 22.6 Å². The van der Waals surface area contributed by atoms with Gasteiger partial charge >= 0.3 is 0 Å². The van der Waals surface area contributed by atoms with Gasteiger partial charge < -0.3 is 19.8 Å². The van der Waals surface area contributed by atoms with Gasteiger partial charge in [0.2, 0.25) is 12.7 Å². The monoisotopic (exact) mass is 420 g/mol. The van der Waals surface area contributed by atoms with Crippen LogP contribution in [0.25, 0.3) is 32.9 Å². The van der Waals surface area contributed by atoms with E-state index < -0.39 is 0 Å². The summed E-state index contributed by atoms with van der Waals surface area (Å²) in [5, 5.41) is 5.45. The molecule has 5 nitrogen and oxygen atoms in total. The van der Waals surface area contributed by atoms with E-state index in [1.165, 1.54) is 10.8 Å². The van der Waals surface area contributed by atoms with Gasteiger partial charge in [-0.15, -0.1) is 0 Å². The zero-order chi connectivity index (χ0) is 21.5. The highest BCUT2D eigenvalue weighted by atomic mass is 16.7. The fourth-order valence-electron chi connectivity index (χ4n) is 4.36. The van der Waals surface area contributed by atoms with E-state index in [1.807, 2.05) is 54.6 Å². The fraction of sp³-hybridized carbons (Fsp3) is 0.0741. The number of hydrogen-bond donors (Lipinski definition) is 2. The number of ether oxygens (including phenoxy) is 2. The fourth-order valence-corrected chi connectivity index (χ4v) is 4.36. The first-order chi connectivity index (χ1) is 15.8. The summed E-state index contributed by atoms with van der Waals surface area (Å²) in [4.78, 5) is 16.4. The van der Waals surface area contributed by atoms with Crippen molar-refractivity contribution in [2.75, 3.05) is 12.1 Å². The molecule has 0 radical (unpaired) electrons. The average molecular weight is 420 g/mol. The van der Waals surface area contributed by atoms with Crippen molar-refractivity contribution >= 4 is 33.4 Å². The molecule has 32 heavy (non-hydrogen) atoms. The van der Waals surface area contributed by atoms with E-state index in [-0.39, 0.29) is 19.1 Å². The van der Waals surface area contributed by atoms with Crippen molar-refractivity contribution < 1.29 is 14.3 Å². The number of fused-ring (bicyclic) bond motifs is 4. The number of aromatic nitrogens is 1. The number of amides is 1. The van der Waals surface area contributed by atoms with Gasteiger partial charge in [0.25, 0.3) is 0 Å². The van der Waals surface area contributed by atoms with Crippen LogP contribution in [0.4, 0.5) is 5.69 Å². The summed E-state index contributed by atoms with van der Waals surface area (Å²) in [6.45, 7) is 0.220. The van der Waals surface area contributed by atoms with E-state index in [0.717, 1.165) is 33.4 Å². The first-order valence-corrected chi connectivity index (χ1v) is 10.5.